The molecule has 0 saturated carbocycles. The van der Waals surface area contributed by atoms with Crippen molar-refractivity contribution in [3.8, 4) is 5.69 Å². The number of anilines is 2. The molecule has 0 radical (unpaired) electrons. The van der Waals surface area contributed by atoms with Crippen LogP contribution in [0.1, 0.15) is 18.9 Å². The quantitative estimate of drug-likeness (QED) is 0.511. The fraction of sp³-hybridized carbons (Fsp3) is 0.280. The van der Waals surface area contributed by atoms with Gasteiger partial charge in [-0.15, -0.1) is 0 Å². The third kappa shape index (κ3) is 3.75. The number of hydrogen-bond donors (Lipinski definition) is 1. The number of aromatic nitrogens is 3. The number of hydrogen-bond acceptors (Lipinski definition) is 4. The highest BCUT2D eigenvalue weighted by atomic mass is 19.1. The van der Waals surface area contributed by atoms with Gasteiger partial charge in [0, 0.05) is 61.8 Å². The van der Waals surface area contributed by atoms with Crippen molar-refractivity contribution in [2.24, 2.45) is 5.92 Å². The average molecular weight is 432 g/mol. The van der Waals surface area contributed by atoms with Crippen LogP contribution in [0.3, 0.4) is 0 Å². The molecule has 2 aromatic carbocycles. The molecule has 7 heteroatoms. The van der Waals surface area contributed by atoms with Gasteiger partial charge in [-0.2, -0.15) is 5.10 Å². The summed E-state index contributed by atoms with van der Waals surface area (Å²) in [6, 6.07) is 12.7. The molecular formula is C25H26FN5O. The van der Waals surface area contributed by atoms with Crippen molar-refractivity contribution in [1.82, 2.24) is 14.8 Å². The zero-order chi connectivity index (χ0) is 22.2. The molecule has 6 nitrogen and oxygen atoms in total. The van der Waals surface area contributed by atoms with Crippen LogP contribution < -0.4 is 15.4 Å². The van der Waals surface area contributed by atoms with Crippen LogP contribution >= 0.6 is 0 Å². The standard InChI is InChI=1S/C25H26FN5O/c1-17-7-9-30(15-17)24-6-4-21(12-23(24)26)31-10-8-19-11-20(3-5-22(19)25(31)32)29(2)16-18-13-27-28-14-18/h3-6,8,10-14,17H,7,9,15-16H2,1-2H3,(H,27,28). The van der Waals surface area contributed by atoms with Gasteiger partial charge in [-0.3, -0.25) is 14.5 Å². The second kappa shape index (κ2) is 8.15. The first-order chi connectivity index (χ1) is 15.5. The molecule has 1 fully saturated rings. The van der Waals surface area contributed by atoms with E-state index in [2.05, 4.69) is 26.9 Å². The molecule has 1 aliphatic heterocycles. The summed E-state index contributed by atoms with van der Waals surface area (Å²) >= 11 is 0. The summed E-state index contributed by atoms with van der Waals surface area (Å²) in [6.45, 7) is 4.62. The van der Waals surface area contributed by atoms with Gasteiger partial charge >= 0.3 is 0 Å². The molecule has 0 amide bonds. The number of aromatic amines is 1. The number of halogens is 1. The van der Waals surface area contributed by atoms with Crippen LogP contribution in [-0.2, 0) is 6.54 Å². The first-order valence-corrected chi connectivity index (χ1v) is 10.9. The molecule has 4 aromatic rings. The highest BCUT2D eigenvalue weighted by Crippen LogP contribution is 2.28. The molecule has 0 bridgehead atoms. The van der Waals surface area contributed by atoms with Gasteiger partial charge in [0.2, 0.25) is 0 Å². The Morgan fingerprint density at radius 2 is 2.09 bits per heavy atom. The van der Waals surface area contributed by atoms with Crippen LogP contribution in [0, 0.1) is 11.7 Å². The number of fused-ring (bicyclic) bond motifs is 1. The zero-order valence-corrected chi connectivity index (χ0v) is 18.3. The first kappa shape index (κ1) is 20.3. The number of benzene rings is 2. The second-order valence-electron chi connectivity index (χ2n) is 8.70. The molecule has 1 N–H and O–H groups in total. The summed E-state index contributed by atoms with van der Waals surface area (Å²) in [5.41, 5.74) is 3.07. The predicted molar refractivity (Wildman–Crippen MR) is 126 cm³/mol. The molecule has 5 rings (SSSR count). The molecule has 0 spiro atoms. The van der Waals surface area contributed by atoms with E-state index in [0.29, 0.717) is 29.2 Å². The highest BCUT2D eigenvalue weighted by molar-refractivity contribution is 5.85. The van der Waals surface area contributed by atoms with Crippen LogP contribution in [-0.4, -0.2) is 34.9 Å². The second-order valence-corrected chi connectivity index (χ2v) is 8.70. The SMILES string of the molecule is CC1CCN(c2ccc(-n3ccc4cc(N(C)Cc5cn[nH]c5)ccc4c3=O)cc2F)C1. The van der Waals surface area contributed by atoms with E-state index in [9.17, 15) is 9.18 Å². The Bertz CT molecular complexity index is 1310. The Kier molecular flexibility index (Phi) is 5.17. The van der Waals surface area contributed by atoms with E-state index in [-0.39, 0.29) is 11.4 Å². The lowest BCUT2D eigenvalue weighted by atomic mass is 10.1. The summed E-state index contributed by atoms with van der Waals surface area (Å²) in [5, 5.41) is 8.26. The Balaban J connectivity index is 1.44. The first-order valence-electron chi connectivity index (χ1n) is 10.9. The third-order valence-electron chi connectivity index (χ3n) is 6.28. The number of nitrogens with one attached hydrogen (secondary N) is 1. The summed E-state index contributed by atoms with van der Waals surface area (Å²) in [7, 11) is 2.00. The van der Waals surface area contributed by atoms with E-state index in [1.54, 1.807) is 18.5 Å². The van der Waals surface area contributed by atoms with Crippen molar-refractivity contribution in [2.75, 3.05) is 29.9 Å². The number of nitrogens with zero attached hydrogens (tertiary/aromatic N) is 4. The minimum Gasteiger partial charge on any atom is -0.370 e. The van der Waals surface area contributed by atoms with Crippen molar-refractivity contribution >= 4 is 22.1 Å². The monoisotopic (exact) mass is 431 g/mol. The van der Waals surface area contributed by atoms with Crippen molar-refractivity contribution < 1.29 is 4.39 Å². The molecular weight excluding hydrogens is 405 g/mol. The maximum Gasteiger partial charge on any atom is 0.262 e. The number of pyridine rings is 1. The molecule has 0 aliphatic carbocycles. The van der Waals surface area contributed by atoms with E-state index < -0.39 is 0 Å². The van der Waals surface area contributed by atoms with Gasteiger partial charge in [-0.25, -0.2) is 4.39 Å². The lowest BCUT2D eigenvalue weighted by molar-refractivity contribution is 0.618. The van der Waals surface area contributed by atoms with Gasteiger partial charge < -0.3 is 9.80 Å². The van der Waals surface area contributed by atoms with Gasteiger partial charge in [0.05, 0.1) is 17.6 Å². The molecule has 3 heterocycles. The highest BCUT2D eigenvalue weighted by Gasteiger charge is 2.21. The summed E-state index contributed by atoms with van der Waals surface area (Å²) in [6.07, 6.45) is 6.46. The van der Waals surface area contributed by atoms with Gasteiger partial charge in [-0.1, -0.05) is 6.92 Å². The van der Waals surface area contributed by atoms with E-state index >= 15 is 0 Å². The zero-order valence-electron chi connectivity index (χ0n) is 18.3. The minimum atomic E-state index is -0.292. The lowest BCUT2D eigenvalue weighted by Gasteiger charge is -2.20. The van der Waals surface area contributed by atoms with Gasteiger partial charge in [-0.05, 0) is 54.1 Å². The summed E-state index contributed by atoms with van der Waals surface area (Å²) in [4.78, 5) is 17.3. The largest absolute Gasteiger partial charge is 0.370 e. The van der Waals surface area contributed by atoms with Crippen LogP contribution in [0.4, 0.5) is 15.8 Å². The Morgan fingerprint density at radius 1 is 1.22 bits per heavy atom. The van der Waals surface area contributed by atoms with Gasteiger partial charge in [0.25, 0.3) is 5.56 Å². The third-order valence-corrected chi connectivity index (χ3v) is 6.28. The Hall–Kier alpha value is -3.61. The van der Waals surface area contributed by atoms with Crippen LogP contribution in [0.25, 0.3) is 16.5 Å². The van der Waals surface area contributed by atoms with Crippen molar-refractivity contribution in [3.63, 3.8) is 0 Å². The molecule has 2 aromatic heterocycles. The fourth-order valence-electron chi connectivity index (χ4n) is 4.46. The molecule has 32 heavy (non-hydrogen) atoms. The average Bonchev–Trinajstić information content (AvgIpc) is 3.45. The molecule has 1 unspecified atom stereocenters. The van der Waals surface area contributed by atoms with E-state index in [4.69, 9.17) is 0 Å². The normalized spacial score (nSPS) is 16.1. The topological polar surface area (TPSA) is 57.2 Å². The van der Waals surface area contributed by atoms with Crippen molar-refractivity contribution in [1.29, 1.82) is 0 Å². The maximum atomic E-state index is 14.9. The van der Waals surface area contributed by atoms with E-state index in [1.807, 2.05) is 43.6 Å². The Labute approximate surface area is 185 Å². The predicted octanol–water partition coefficient (Wildman–Crippen LogP) is 4.34. The van der Waals surface area contributed by atoms with Gasteiger partial charge in [0.15, 0.2) is 0 Å². The van der Waals surface area contributed by atoms with E-state index in [1.165, 1.54) is 10.6 Å². The lowest BCUT2D eigenvalue weighted by Crippen LogP contribution is -2.21. The minimum absolute atomic E-state index is 0.159. The fourth-order valence-corrected chi connectivity index (χ4v) is 4.46. The maximum absolute atomic E-state index is 14.9. The smallest absolute Gasteiger partial charge is 0.262 e. The Morgan fingerprint density at radius 3 is 2.81 bits per heavy atom. The number of rotatable bonds is 5. The van der Waals surface area contributed by atoms with Crippen LogP contribution in [0.5, 0.6) is 0 Å². The molecule has 1 aliphatic rings. The van der Waals surface area contributed by atoms with Crippen LogP contribution in [0.2, 0.25) is 0 Å². The van der Waals surface area contributed by atoms with Crippen LogP contribution in [0.15, 0.2) is 65.8 Å². The summed E-state index contributed by atoms with van der Waals surface area (Å²) < 4.78 is 16.4. The molecule has 1 saturated heterocycles. The number of H-pyrrole nitrogens is 1. The van der Waals surface area contributed by atoms with Gasteiger partial charge in [0.1, 0.15) is 5.82 Å². The van der Waals surface area contributed by atoms with Crippen molar-refractivity contribution in [2.45, 2.75) is 19.9 Å². The molecule has 164 valence electrons. The van der Waals surface area contributed by atoms with Crippen molar-refractivity contribution in [3.05, 3.63) is 82.8 Å². The summed E-state index contributed by atoms with van der Waals surface area (Å²) in [5.74, 6) is 0.278. The molecule has 1 atom stereocenters. The van der Waals surface area contributed by atoms with E-state index in [0.717, 1.165) is 36.1 Å².